The SMILES string of the molecule is Cc1cn([C@@H]2O[C@H]([C@H](O)C[P+]([O-])([O-])O)[C@@H](O)[C@H]2O)c(=O)[nH]c1=O. The molecule has 0 spiro atoms. The molecule has 1 aliphatic heterocycles. The number of aromatic amines is 1. The van der Waals surface area contributed by atoms with Gasteiger partial charge in [-0.05, 0) is 6.92 Å². The van der Waals surface area contributed by atoms with E-state index in [-0.39, 0.29) is 5.56 Å². The summed E-state index contributed by atoms with van der Waals surface area (Å²) >= 11 is 0. The van der Waals surface area contributed by atoms with E-state index in [0.717, 1.165) is 10.8 Å². The summed E-state index contributed by atoms with van der Waals surface area (Å²) in [5, 5.41) is 29.6. The Hall–Kier alpha value is -1.17. The van der Waals surface area contributed by atoms with Gasteiger partial charge in [-0.25, -0.2) is 4.79 Å². The lowest BCUT2D eigenvalue weighted by molar-refractivity contribution is -0.333. The fourth-order valence-corrected chi connectivity index (χ4v) is 3.03. The van der Waals surface area contributed by atoms with Gasteiger partial charge in [-0.1, -0.05) is 0 Å². The topological polar surface area (TPSA) is 191 Å². The number of ether oxygens (including phenoxy) is 1. The van der Waals surface area contributed by atoms with E-state index in [4.69, 9.17) is 9.63 Å². The van der Waals surface area contributed by atoms with Gasteiger partial charge >= 0.3 is 5.69 Å². The van der Waals surface area contributed by atoms with Gasteiger partial charge in [0.25, 0.3) is 5.56 Å². The molecule has 2 heterocycles. The second kappa shape index (κ2) is 6.38. The van der Waals surface area contributed by atoms with Crippen molar-refractivity contribution in [2.24, 2.45) is 0 Å². The van der Waals surface area contributed by atoms with Gasteiger partial charge in [0.2, 0.25) is 0 Å². The summed E-state index contributed by atoms with van der Waals surface area (Å²) in [4.78, 5) is 55.4. The first-order chi connectivity index (χ1) is 10.5. The highest BCUT2D eigenvalue weighted by Gasteiger charge is 2.48. The number of aliphatic hydroxyl groups excluding tert-OH is 3. The molecule has 0 aliphatic carbocycles. The molecule has 5 N–H and O–H groups in total. The van der Waals surface area contributed by atoms with Crippen LogP contribution >= 0.6 is 7.94 Å². The lowest BCUT2D eigenvalue weighted by Crippen LogP contribution is -2.43. The minimum Gasteiger partial charge on any atom is -0.660 e. The fourth-order valence-electron chi connectivity index (χ4n) is 2.35. The molecule has 1 aliphatic rings. The summed E-state index contributed by atoms with van der Waals surface area (Å²) < 4.78 is 5.99. The lowest BCUT2D eigenvalue weighted by Gasteiger charge is -2.32. The van der Waals surface area contributed by atoms with E-state index in [1.54, 1.807) is 0 Å². The molecule has 1 aromatic rings. The van der Waals surface area contributed by atoms with E-state index in [0.29, 0.717) is 0 Å². The number of hydrogen-bond acceptors (Lipinski definition) is 9. The molecule has 1 aromatic heterocycles. The quantitative estimate of drug-likeness (QED) is 0.332. The zero-order valence-electron chi connectivity index (χ0n) is 11.9. The van der Waals surface area contributed by atoms with Crippen LogP contribution in [0.2, 0.25) is 0 Å². The average molecular weight is 351 g/mol. The zero-order valence-corrected chi connectivity index (χ0v) is 12.8. The van der Waals surface area contributed by atoms with E-state index in [1.807, 2.05) is 4.98 Å². The van der Waals surface area contributed by atoms with Crippen molar-refractivity contribution in [3.05, 3.63) is 32.6 Å². The molecular formula is C11H16N2O9P-. The van der Waals surface area contributed by atoms with Gasteiger partial charge in [0.05, 0.1) is 0 Å². The fraction of sp³-hybridized carbons (Fsp3) is 0.636. The number of H-pyrrole nitrogens is 1. The molecule has 1 fully saturated rings. The summed E-state index contributed by atoms with van der Waals surface area (Å²) in [6.45, 7) is 1.40. The number of aryl methyl sites for hydroxylation is 1. The van der Waals surface area contributed by atoms with Crippen molar-refractivity contribution < 1.29 is 34.7 Å². The van der Waals surface area contributed by atoms with Gasteiger partial charge in [-0.15, -0.1) is 0 Å². The van der Waals surface area contributed by atoms with Gasteiger partial charge in [0.1, 0.15) is 30.6 Å². The molecule has 11 nitrogen and oxygen atoms in total. The van der Waals surface area contributed by atoms with E-state index in [2.05, 4.69) is 0 Å². The third kappa shape index (κ3) is 3.84. The van der Waals surface area contributed by atoms with Crippen molar-refractivity contribution in [3.63, 3.8) is 0 Å². The normalized spacial score (nSPS) is 29.7. The Bertz CT molecular complexity index is 681. The minimum atomic E-state index is -4.82. The van der Waals surface area contributed by atoms with Crippen LogP contribution in [0, 0.1) is 6.92 Å². The van der Waals surface area contributed by atoms with Crippen LogP contribution in [0.1, 0.15) is 11.8 Å². The first kappa shape index (κ1) is 18.2. The number of nitrogens with one attached hydrogen (secondary N) is 1. The van der Waals surface area contributed by atoms with Crippen LogP contribution < -0.4 is 21.0 Å². The van der Waals surface area contributed by atoms with E-state index in [9.17, 15) is 34.7 Å². The second-order valence-corrected chi connectivity index (χ2v) is 6.98. The van der Waals surface area contributed by atoms with E-state index < -0.39 is 56.0 Å². The standard InChI is InChI=1S/C11H17N2O9P/c1-4-2-13(11(18)12-9(4)17)10-7(16)6(15)8(22-10)5(14)3-23(19,20)21/h2,5-8,10,14-16H,3H2,1H3,(H,12,17,18)(H2,19,20,21)/p-1/t5-,6+,7-,8-,10-/m1/s1. The predicted octanol–water partition coefficient (Wildman–Crippen LogP) is -4.70. The van der Waals surface area contributed by atoms with Crippen LogP contribution in [0.25, 0.3) is 0 Å². The molecule has 23 heavy (non-hydrogen) atoms. The van der Waals surface area contributed by atoms with Crippen molar-refractivity contribution in [2.75, 3.05) is 6.16 Å². The van der Waals surface area contributed by atoms with E-state index in [1.165, 1.54) is 6.92 Å². The highest BCUT2D eigenvalue weighted by atomic mass is 31.2. The van der Waals surface area contributed by atoms with Crippen LogP contribution in [0.5, 0.6) is 0 Å². The van der Waals surface area contributed by atoms with Gasteiger partial charge in [0.15, 0.2) is 6.23 Å². The zero-order chi connectivity index (χ0) is 17.5. The molecule has 0 saturated carbocycles. The Morgan fingerprint density at radius 1 is 1.39 bits per heavy atom. The summed E-state index contributed by atoms with van der Waals surface area (Å²) in [6.07, 6.45) is -8.18. The largest absolute Gasteiger partial charge is 0.660 e. The van der Waals surface area contributed by atoms with Crippen LogP contribution in [0.3, 0.4) is 0 Å². The van der Waals surface area contributed by atoms with Crippen LogP contribution in [-0.4, -0.2) is 60.3 Å². The Morgan fingerprint density at radius 2 is 2.00 bits per heavy atom. The molecule has 2 rings (SSSR count). The maximum Gasteiger partial charge on any atom is 0.330 e. The Balaban J connectivity index is 2.28. The Labute approximate surface area is 129 Å². The molecule has 0 aromatic carbocycles. The molecule has 0 bridgehead atoms. The Kier molecular flexibility index (Phi) is 5.04. The predicted molar refractivity (Wildman–Crippen MR) is 72.0 cm³/mol. The molecule has 1 saturated heterocycles. The van der Waals surface area contributed by atoms with Gasteiger partial charge < -0.3 is 29.8 Å². The maximum atomic E-state index is 11.8. The number of aliphatic hydroxyl groups is 3. The molecule has 12 heteroatoms. The number of aromatic nitrogens is 2. The van der Waals surface area contributed by atoms with Crippen molar-refractivity contribution in [3.8, 4) is 0 Å². The van der Waals surface area contributed by atoms with Crippen molar-refractivity contribution in [1.82, 2.24) is 9.55 Å². The number of hydrogen-bond donors (Lipinski definition) is 5. The summed E-state index contributed by atoms with van der Waals surface area (Å²) in [5.74, 6) is 0. The highest BCUT2D eigenvalue weighted by molar-refractivity contribution is 7.55. The number of nitrogens with zero attached hydrogens (tertiary/aromatic N) is 1. The first-order valence-corrected chi connectivity index (χ1v) is 8.32. The summed E-state index contributed by atoms with van der Waals surface area (Å²) in [6, 6.07) is 0. The van der Waals surface area contributed by atoms with Crippen molar-refractivity contribution in [1.29, 1.82) is 0 Å². The molecule has 0 radical (unpaired) electrons. The van der Waals surface area contributed by atoms with Gasteiger partial charge in [0, 0.05) is 19.7 Å². The van der Waals surface area contributed by atoms with Crippen molar-refractivity contribution >= 4 is 7.94 Å². The van der Waals surface area contributed by atoms with E-state index >= 15 is 0 Å². The monoisotopic (exact) mass is 351 g/mol. The lowest BCUT2D eigenvalue weighted by atomic mass is 10.1. The number of rotatable bonds is 4. The molecule has 0 amide bonds. The molecule has 0 unspecified atom stereocenters. The van der Waals surface area contributed by atoms with Gasteiger partial charge in [-0.3, -0.25) is 19.2 Å². The van der Waals surface area contributed by atoms with Gasteiger partial charge in [-0.2, -0.15) is 0 Å². The first-order valence-electron chi connectivity index (χ1n) is 6.56. The van der Waals surface area contributed by atoms with Crippen LogP contribution in [-0.2, 0) is 4.74 Å². The summed E-state index contributed by atoms with van der Waals surface area (Å²) in [5.41, 5.74) is -1.41. The smallest absolute Gasteiger partial charge is 0.330 e. The average Bonchev–Trinajstić information content (AvgIpc) is 2.69. The summed E-state index contributed by atoms with van der Waals surface area (Å²) in [7, 11) is -4.82. The third-order valence-corrected chi connectivity index (χ3v) is 4.33. The van der Waals surface area contributed by atoms with Crippen LogP contribution in [0.4, 0.5) is 0 Å². The minimum absolute atomic E-state index is 0.137. The third-order valence-electron chi connectivity index (χ3n) is 3.49. The maximum absolute atomic E-state index is 11.8. The van der Waals surface area contributed by atoms with Crippen LogP contribution in [0.15, 0.2) is 15.8 Å². The highest BCUT2D eigenvalue weighted by Crippen LogP contribution is 2.38. The van der Waals surface area contributed by atoms with Crippen molar-refractivity contribution in [2.45, 2.75) is 37.6 Å². The molecule has 130 valence electrons. The second-order valence-electron chi connectivity index (χ2n) is 5.34. The molecule has 5 atom stereocenters. The molecular weight excluding hydrogens is 335 g/mol. The Morgan fingerprint density at radius 3 is 2.57 bits per heavy atom.